The number of anilines is 1. The fourth-order valence-corrected chi connectivity index (χ4v) is 3.42. The topological polar surface area (TPSA) is 113 Å². The van der Waals surface area contributed by atoms with Gasteiger partial charge in [-0.15, -0.1) is 0 Å². The third-order valence-corrected chi connectivity index (χ3v) is 5.21. The van der Waals surface area contributed by atoms with Crippen LogP contribution in [0.3, 0.4) is 0 Å². The second-order valence-corrected chi connectivity index (χ2v) is 7.91. The van der Waals surface area contributed by atoms with Crippen LogP contribution in [0.1, 0.15) is 32.5 Å². The highest BCUT2D eigenvalue weighted by molar-refractivity contribution is 6.34. The fourth-order valence-electron chi connectivity index (χ4n) is 3.06. The smallest absolute Gasteiger partial charge is 0.272 e. The maximum absolute atomic E-state index is 13.4. The van der Waals surface area contributed by atoms with Crippen molar-refractivity contribution in [1.29, 1.82) is 0 Å². The molecule has 8 nitrogen and oxygen atoms in total. The number of hydrogen-bond acceptors (Lipinski definition) is 5. The first-order valence-corrected chi connectivity index (χ1v) is 10.5. The third kappa shape index (κ3) is 5.08. The highest BCUT2D eigenvalue weighted by Gasteiger charge is 2.19. The van der Waals surface area contributed by atoms with Gasteiger partial charge in [-0.3, -0.25) is 14.7 Å². The van der Waals surface area contributed by atoms with E-state index in [4.69, 9.17) is 27.6 Å². The van der Waals surface area contributed by atoms with Crippen molar-refractivity contribution in [3.8, 4) is 11.3 Å². The minimum Gasteiger partial charge on any atom is -0.443 e. The quantitative estimate of drug-likeness (QED) is 0.314. The van der Waals surface area contributed by atoms with Crippen molar-refractivity contribution in [2.24, 2.45) is 0 Å². The lowest BCUT2D eigenvalue weighted by atomic mass is 10.1. The van der Waals surface area contributed by atoms with Crippen LogP contribution in [0.5, 0.6) is 0 Å². The van der Waals surface area contributed by atoms with Crippen molar-refractivity contribution in [3.05, 3.63) is 87.1 Å². The summed E-state index contributed by atoms with van der Waals surface area (Å²) >= 11 is 11.7. The number of aryl methyl sites for hydroxylation is 1. The summed E-state index contributed by atoms with van der Waals surface area (Å²) in [5, 5.41) is 11.7. The second kappa shape index (κ2) is 9.62. The van der Waals surface area contributed by atoms with Gasteiger partial charge in [0.15, 0.2) is 29.0 Å². The van der Waals surface area contributed by atoms with Gasteiger partial charge in [0.2, 0.25) is 0 Å². The van der Waals surface area contributed by atoms with E-state index >= 15 is 0 Å². The van der Waals surface area contributed by atoms with Crippen molar-refractivity contribution in [2.45, 2.75) is 13.5 Å². The summed E-state index contributed by atoms with van der Waals surface area (Å²) in [6.45, 7) is 1.71. The number of aromatic nitrogens is 3. The molecule has 0 atom stereocenters. The van der Waals surface area contributed by atoms with Crippen LogP contribution < -0.4 is 10.6 Å². The Kier molecular flexibility index (Phi) is 6.62. The number of carbonyl (C=O) groups excluding carboxylic acids is 2. The van der Waals surface area contributed by atoms with Crippen LogP contribution in [-0.2, 0) is 6.54 Å². The van der Waals surface area contributed by atoms with E-state index in [1.54, 1.807) is 31.2 Å². The summed E-state index contributed by atoms with van der Waals surface area (Å²) in [7, 11) is 0. The van der Waals surface area contributed by atoms with E-state index in [2.05, 4.69) is 25.8 Å². The molecule has 12 heteroatoms. The second-order valence-electron chi connectivity index (χ2n) is 7.06. The van der Waals surface area contributed by atoms with E-state index in [-0.39, 0.29) is 28.6 Å². The number of carbonyl (C=O) groups is 2. The third-order valence-electron chi connectivity index (χ3n) is 4.64. The maximum Gasteiger partial charge on any atom is 0.272 e. The van der Waals surface area contributed by atoms with Crippen LogP contribution in [0.15, 0.2) is 46.9 Å². The predicted molar refractivity (Wildman–Crippen MR) is 121 cm³/mol. The van der Waals surface area contributed by atoms with Gasteiger partial charge in [0, 0.05) is 23.6 Å². The van der Waals surface area contributed by atoms with Gasteiger partial charge in [0.1, 0.15) is 11.5 Å². The number of halogens is 4. The molecule has 0 unspecified atom stereocenters. The minimum atomic E-state index is -1.22. The zero-order valence-corrected chi connectivity index (χ0v) is 18.9. The number of aromatic amines is 1. The molecule has 0 fully saturated rings. The lowest BCUT2D eigenvalue weighted by molar-refractivity contribution is 0.0942. The van der Waals surface area contributed by atoms with Crippen LogP contribution in [0, 0.1) is 18.6 Å². The molecule has 0 saturated carbocycles. The number of benzene rings is 2. The van der Waals surface area contributed by atoms with Crippen molar-refractivity contribution in [1.82, 2.24) is 20.5 Å². The van der Waals surface area contributed by atoms with Crippen LogP contribution in [0.25, 0.3) is 11.3 Å². The molecule has 0 spiro atoms. The number of nitrogens with one attached hydrogen (secondary N) is 3. The molecule has 3 N–H and O–H groups in total. The number of amides is 2. The summed E-state index contributed by atoms with van der Waals surface area (Å²) in [6.07, 6.45) is 0. The van der Waals surface area contributed by atoms with Gasteiger partial charge in [-0.1, -0.05) is 35.3 Å². The normalized spacial score (nSPS) is 10.9. The monoisotopic (exact) mass is 505 g/mol. The Bertz CT molecular complexity index is 1390. The average Bonchev–Trinajstić information content (AvgIpc) is 3.41. The number of rotatable bonds is 6. The first-order chi connectivity index (χ1) is 16.2. The highest BCUT2D eigenvalue weighted by atomic mass is 35.5. The molecule has 2 aromatic heterocycles. The molecule has 0 saturated heterocycles. The maximum atomic E-state index is 13.4. The first kappa shape index (κ1) is 23.4. The van der Waals surface area contributed by atoms with Gasteiger partial charge >= 0.3 is 0 Å². The fraction of sp³-hybridized carbons (Fsp3) is 0.0909. The molecule has 0 aliphatic heterocycles. The molecule has 0 aliphatic rings. The van der Waals surface area contributed by atoms with E-state index in [0.29, 0.717) is 34.5 Å². The van der Waals surface area contributed by atoms with E-state index in [0.717, 1.165) is 5.56 Å². The molecule has 2 amide bonds. The lowest BCUT2D eigenvalue weighted by Crippen LogP contribution is -2.23. The number of oxazole rings is 1. The molecule has 4 rings (SSSR count). The van der Waals surface area contributed by atoms with Crippen LogP contribution >= 0.6 is 23.2 Å². The molecule has 0 radical (unpaired) electrons. The van der Waals surface area contributed by atoms with Gasteiger partial charge < -0.3 is 15.1 Å². The van der Waals surface area contributed by atoms with Crippen molar-refractivity contribution in [2.75, 3.05) is 5.32 Å². The molecular formula is C22H15Cl2F2N5O3. The Balaban J connectivity index is 1.42. The molecule has 0 aliphatic carbocycles. The average molecular weight is 506 g/mol. The molecule has 4 aromatic rings. The Hall–Kier alpha value is -3.76. The zero-order valence-electron chi connectivity index (χ0n) is 17.4. The number of hydrogen-bond donors (Lipinski definition) is 3. The zero-order chi connectivity index (χ0) is 24.4. The molecule has 2 heterocycles. The standard InChI is InChI=1S/C22H15Cl2F2N5O3/c1-10-28-20(11-2-4-12(23)5-3-11)18(34-10)9-27-22(33)17-8-19(31-30-17)29-21(32)13-6-15(25)16(26)7-14(13)24/h2-8H,9H2,1H3,(H,27,33)(H2,29,30,31,32). The van der Waals surface area contributed by atoms with Crippen LogP contribution in [0.4, 0.5) is 14.6 Å². The van der Waals surface area contributed by atoms with Crippen molar-refractivity contribution < 1.29 is 22.8 Å². The van der Waals surface area contributed by atoms with E-state index in [1.165, 1.54) is 6.07 Å². The molecule has 34 heavy (non-hydrogen) atoms. The first-order valence-electron chi connectivity index (χ1n) is 9.73. The van der Waals surface area contributed by atoms with E-state index < -0.39 is 23.4 Å². The Morgan fingerprint density at radius 2 is 1.76 bits per heavy atom. The SMILES string of the molecule is Cc1nc(-c2ccc(Cl)cc2)c(CNC(=O)c2cc(NC(=O)c3cc(F)c(F)cc3Cl)[nH]n2)o1. The lowest BCUT2D eigenvalue weighted by Gasteiger charge is -2.05. The molecule has 174 valence electrons. The Morgan fingerprint density at radius 3 is 2.50 bits per heavy atom. The highest BCUT2D eigenvalue weighted by Crippen LogP contribution is 2.25. The Labute approximate surface area is 201 Å². The van der Waals surface area contributed by atoms with Crippen LogP contribution in [-0.4, -0.2) is 27.0 Å². The molecular weight excluding hydrogens is 491 g/mol. The summed E-state index contributed by atoms with van der Waals surface area (Å²) in [6, 6.07) is 9.65. The predicted octanol–water partition coefficient (Wildman–Crippen LogP) is 5.14. The summed E-state index contributed by atoms with van der Waals surface area (Å²) in [4.78, 5) is 29.2. The number of nitrogens with zero attached hydrogens (tertiary/aromatic N) is 2. The molecule has 0 bridgehead atoms. The summed E-state index contributed by atoms with van der Waals surface area (Å²) in [5.74, 6) is -2.86. The van der Waals surface area contributed by atoms with E-state index in [9.17, 15) is 18.4 Å². The summed E-state index contributed by atoms with van der Waals surface area (Å²) < 4.78 is 32.3. The summed E-state index contributed by atoms with van der Waals surface area (Å²) in [5.41, 5.74) is 1.02. The van der Waals surface area contributed by atoms with Crippen LogP contribution in [0.2, 0.25) is 10.0 Å². The minimum absolute atomic E-state index is 0.0245. The van der Waals surface area contributed by atoms with Gasteiger partial charge in [0.05, 0.1) is 17.1 Å². The van der Waals surface area contributed by atoms with E-state index in [1.807, 2.05) is 0 Å². The van der Waals surface area contributed by atoms with Crippen molar-refractivity contribution >= 4 is 40.8 Å². The molecule has 2 aromatic carbocycles. The van der Waals surface area contributed by atoms with Gasteiger partial charge in [0.25, 0.3) is 11.8 Å². The van der Waals surface area contributed by atoms with Crippen molar-refractivity contribution in [3.63, 3.8) is 0 Å². The largest absolute Gasteiger partial charge is 0.443 e. The van der Waals surface area contributed by atoms with Gasteiger partial charge in [-0.05, 0) is 24.3 Å². The Morgan fingerprint density at radius 1 is 1.06 bits per heavy atom. The number of H-pyrrole nitrogens is 1. The van der Waals surface area contributed by atoms with Gasteiger partial charge in [-0.25, -0.2) is 13.8 Å². The van der Waals surface area contributed by atoms with Gasteiger partial charge in [-0.2, -0.15) is 5.10 Å².